The normalized spacial score (nSPS) is 12.0. The van der Waals surface area contributed by atoms with Gasteiger partial charge in [0.15, 0.2) is 0 Å². The minimum absolute atomic E-state index is 0.0612. The second kappa shape index (κ2) is 9.23. The van der Waals surface area contributed by atoms with Crippen LogP contribution in [-0.4, -0.2) is 29.8 Å². The summed E-state index contributed by atoms with van der Waals surface area (Å²) in [5.41, 5.74) is 2.11. The quantitative estimate of drug-likeness (QED) is 0.595. The van der Waals surface area contributed by atoms with Crippen LogP contribution in [0.2, 0.25) is 0 Å². The van der Waals surface area contributed by atoms with Crippen LogP contribution < -0.4 is 16.0 Å². The van der Waals surface area contributed by atoms with Crippen LogP contribution in [0, 0.1) is 0 Å². The smallest absolute Gasteiger partial charge is 0.315 e. The molecule has 0 saturated heterocycles. The molecular formula is C16H27N3O2. The third-order valence-electron chi connectivity index (χ3n) is 3.01. The Balaban J connectivity index is 2.38. The summed E-state index contributed by atoms with van der Waals surface area (Å²) in [5, 5.41) is 17.8. The van der Waals surface area contributed by atoms with Crippen molar-refractivity contribution in [2.24, 2.45) is 0 Å². The number of nitrogens with one attached hydrogen (secondary N) is 3. The van der Waals surface area contributed by atoms with Gasteiger partial charge in [-0.15, -0.1) is 0 Å². The van der Waals surface area contributed by atoms with Crippen molar-refractivity contribution >= 4 is 11.7 Å². The van der Waals surface area contributed by atoms with Gasteiger partial charge in [-0.05, 0) is 51.3 Å². The molecule has 1 rings (SSSR count). The highest BCUT2D eigenvalue weighted by molar-refractivity contribution is 5.74. The number of anilines is 1. The Kier molecular flexibility index (Phi) is 7.61. The molecule has 4 N–H and O–H groups in total. The summed E-state index contributed by atoms with van der Waals surface area (Å²) < 4.78 is 0. The summed E-state index contributed by atoms with van der Waals surface area (Å²) in [7, 11) is 0. The van der Waals surface area contributed by atoms with Crippen molar-refractivity contribution in [3.05, 3.63) is 29.8 Å². The topological polar surface area (TPSA) is 73.4 Å². The maximum absolute atomic E-state index is 11.8. The van der Waals surface area contributed by atoms with Crippen LogP contribution in [0.5, 0.6) is 0 Å². The molecule has 0 aliphatic carbocycles. The van der Waals surface area contributed by atoms with Crippen molar-refractivity contribution < 1.29 is 9.90 Å². The van der Waals surface area contributed by atoms with Gasteiger partial charge >= 0.3 is 6.03 Å². The first kappa shape index (κ1) is 17.3. The predicted molar refractivity (Wildman–Crippen MR) is 86.4 cm³/mol. The molecule has 0 fully saturated rings. The Morgan fingerprint density at radius 2 is 2.05 bits per heavy atom. The lowest BCUT2D eigenvalue weighted by Gasteiger charge is -2.15. The first-order valence-corrected chi connectivity index (χ1v) is 7.52. The summed E-state index contributed by atoms with van der Waals surface area (Å²) >= 11 is 0. The molecule has 0 saturated carbocycles. The SMILES string of the molecule is CC(C)Nc1cccc(CNC(=O)NC(C)CCCO)c1. The third kappa shape index (κ3) is 7.56. The van der Waals surface area contributed by atoms with E-state index >= 15 is 0 Å². The standard InChI is InChI=1S/C16H27N3O2/c1-12(2)18-15-8-4-7-14(10-15)11-17-16(21)19-13(3)6-5-9-20/h4,7-8,10,12-13,18,20H,5-6,9,11H2,1-3H3,(H2,17,19,21). The molecule has 0 spiro atoms. The zero-order valence-electron chi connectivity index (χ0n) is 13.1. The molecule has 0 radical (unpaired) electrons. The van der Waals surface area contributed by atoms with E-state index in [0.29, 0.717) is 19.0 Å². The summed E-state index contributed by atoms with van der Waals surface area (Å²) in [6.45, 7) is 6.76. The second-order valence-electron chi connectivity index (χ2n) is 5.59. The first-order valence-electron chi connectivity index (χ1n) is 7.52. The lowest BCUT2D eigenvalue weighted by Crippen LogP contribution is -2.40. The number of urea groups is 1. The summed E-state index contributed by atoms with van der Waals surface area (Å²) in [4.78, 5) is 11.8. The van der Waals surface area contributed by atoms with Crippen molar-refractivity contribution in [3.63, 3.8) is 0 Å². The van der Waals surface area contributed by atoms with Crippen LogP contribution in [0.25, 0.3) is 0 Å². The van der Waals surface area contributed by atoms with Crippen LogP contribution >= 0.6 is 0 Å². The van der Waals surface area contributed by atoms with Gasteiger partial charge in [-0.3, -0.25) is 0 Å². The lowest BCUT2D eigenvalue weighted by atomic mass is 10.2. The predicted octanol–water partition coefficient (Wildman–Crippen LogP) is 2.47. The highest BCUT2D eigenvalue weighted by Crippen LogP contribution is 2.11. The van der Waals surface area contributed by atoms with Crippen molar-refractivity contribution in [1.29, 1.82) is 0 Å². The molecule has 2 amide bonds. The van der Waals surface area contributed by atoms with E-state index in [1.54, 1.807) is 0 Å². The Morgan fingerprint density at radius 3 is 2.71 bits per heavy atom. The molecule has 21 heavy (non-hydrogen) atoms. The minimum atomic E-state index is -0.178. The number of benzene rings is 1. The van der Waals surface area contributed by atoms with Gasteiger partial charge in [0.2, 0.25) is 0 Å². The molecule has 1 aromatic rings. The zero-order valence-corrected chi connectivity index (χ0v) is 13.1. The van der Waals surface area contributed by atoms with Crippen LogP contribution in [0.1, 0.15) is 39.2 Å². The molecular weight excluding hydrogens is 266 g/mol. The van der Waals surface area contributed by atoms with Crippen LogP contribution in [-0.2, 0) is 6.54 Å². The van der Waals surface area contributed by atoms with E-state index in [-0.39, 0.29) is 18.7 Å². The van der Waals surface area contributed by atoms with E-state index in [9.17, 15) is 4.79 Å². The van der Waals surface area contributed by atoms with Gasteiger partial charge in [-0.25, -0.2) is 4.79 Å². The zero-order chi connectivity index (χ0) is 15.7. The summed E-state index contributed by atoms with van der Waals surface area (Å²) in [6.07, 6.45) is 1.47. The minimum Gasteiger partial charge on any atom is -0.396 e. The number of hydrogen-bond donors (Lipinski definition) is 4. The van der Waals surface area contributed by atoms with Crippen LogP contribution in [0.4, 0.5) is 10.5 Å². The average Bonchev–Trinajstić information content (AvgIpc) is 2.42. The molecule has 0 heterocycles. The third-order valence-corrected chi connectivity index (χ3v) is 3.01. The number of carbonyl (C=O) groups excluding carboxylic acids is 1. The lowest BCUT2D eigenvalue weighted by molar-refractivity contribution is 0.234. The van der Waals surface area contributed by atoms with Crippen molar-refractivity contribution in [2.45, 2.75) is 52.2 Å². The number of aliphatic hydroxyl groups excluding tert-OH is 1. The molecule has 118 valence electrons. The number of hydrogen-bond acceptors (Lipinski definition) is 3. The largest absolute Gasteiger partial charge is 0.396 e. The molecule has 5 nitrogen and oxygen atoms in total. The fourth-order valence-electron chi connectivity index (χ4n) is 2.03. The van der Waals surface area contributed by atoms with Gasteiger partial charge in [-0.2, -0.15) is 0 Å². The van der Waals surface area contributed by atoms with Crippen LogP contribution in [0.3, 0.4) is 0 Å². The van der Waals surface area contributed by atoms with E-state index in [1.165, 1.54) is 0 Å². The Morgan fingerprint density at radius 1 is 1.29 bits per heavy atom. The average molecular weight is 293 g/mol. The Bertz CT molecular complexity index is 435. The van der Waals surface area contributed by atoms with Gasteiger partial charge in [0.25, 0.3) is 0 Å². The maximum atomic E-state index is 11.8. The molecule has 1 unspecified atom stereocenters. The summed E-state index contributed by atoms with van der Waals surface area (Å²) in [5.74, 6) is 0. The van der Waals surface area contributed by atoms with E-state index < -0.39 is 0 Å². The second-order valence-corrected chi connectivity index (χ2v) is 5.59. The molecule has 0 aliphatic rings. The van der Waals surface area contributed by atoms with E-state index in [0.717, 1.165) is 17.7 Å². The van der Waals surface area contributed by atoms with Gasteiger partial charge in [-0.1, -0.05) is 12.1 Å². The Labute approximate surface area is 127 Å². The van der Waals surface area contributed by atoms with Gasteiger partial charge < -0.3 is 21.1 Å². The van der Waals surface area contributed by atoms with E-state index in [2.05, 4.69) is 29.8 Å². The number of carbonyl (C=O) groups is 1. The number of amides is 2. The van der Waals surface area contributed by atoms with Crippen molar-refractivity contribution in [2.75, 3.05) is 11.9 Å². The molecule has 0 bridgehead atoms. The molecule has 0 aromatic heterocycles. The fraction of sp³-hybridized carbons (Fsp3) is 0.562. The van der Waals surface area contributed by atoms with Gasteiger partial charge in [0, 0.05) is 30.9 Å². The number of aliphatic hydroxyl groups is 1. The summed E-state index contributed by atoms with van der Waals surface area (Å²) in [6, 6.07) is 8.28. The highest BCUT2D eigenvalue weighted by Gasteiger charge is 2.06. The molecule has 0 aliphatic heterocycles. The molecule has 1 atom stereocenters. The van der Waals surface area contributed by atoms with E-state index in [1.807, 2.05) is 31.2 Å². The fourth-order valence-corrected chi connectivity index (χ4v) is 2.03. The van der Waals surface area contributed by atoms with Crippen LogP contribution in [0.15, 0.2) is 24.3 Å². The van der Waals surface area contributed by atoms with Gasteiger partial charge in [0.05, 0.1) is 0 Å². The number of rotatable bonds is 8. The maximum Gasteiger partial charge on any atom is 0.315 e. The van der Waals surface area contributed by atoms with Crippen molar-refractivity contribution in [1.82, 2.24) is 10.6 Å². The highest BCUT2D eigenvalue weighted by atomic mass is 16.3. The first-order chi connectivity index (χ1) is 10.0. The van der Waals surface area contributed by atoms with Gasteiger partial charge in [0.1, 0.15) is 0 Å². The molecule has 1 aromatic carbocycles. The molecule has 5 heteroatoms. The van der Waals surface area contributed by atoms with E-state index in [4.69, 9.17) is 5.11 Å². The van der Waals surface area contributed by atoms with Crippen molar-refractivity contribution in [3.8, 4) is 0 Å². The monoisotopic (exact) mass is 293 g/mol. The Hall–Kier alpha value is -1.75.